The van der Waals surface area contributed by atoms with Crippen molar-refractivity contribution >= 4 is 10.1 Å². The minimum absolute atomic E-state index is 0.00338. The second kappa shape index (κ2) is 4.91. The first-order valence-corrected chi connectivity index (χ1v) is 6.91. The molecule has 0 saturated heterocycles. The summed E-state index contributed by atoms with van der Waals surface area (Å²) in [5.74, 6) is -1.31. The maximum absolute atomic E-state index is 12.3. The predicted octanol–water partition coefficient (Wildman–Crippen LogP) is 2.33. The van der Waals surface area contributed by atoms with Gasteiger partial charge in [0.05, 0.1) is 18.8 Å². The van der Waals surface area contributed by atoms with Crippen LogP contribution in [-0.4, -0.2) is 27.5 Å². The maximum Gasteiger partial charge on any atom is 0.391 e. The van der Waals surface area contributed by atoms with Gasteiger partial charge in [-0.25, -0.2) is 0 Å². The molecule has 1 aliphatic carbocycles. The number of rotatable bonds is 3. The number of hydrogen-bond acceptors (Lipinski definition) is 3. The monoisotopic (exact) mass is 260 g/mol. The molecule has 0 radical (unpaired) electrons. The van der Waals surface area contributed by atoms with Crippen LogP contribution in [0.4, 0.5) is 13.2 Å². The van der Waals surface area contributed by atoms with Crippen LogP contribution < -0.4 is 0 Å². The molecule has 3 nitrogen and oxygen atoms in total. The number of alkyl halides is 3. The van der Waals surface area contributed by atoms with E-state index in [1.165, 1.54) is 0 Å². The Balaban J connectivity index is 2.33. The Morgan fingerprint density at radius 3 is 2.06 bits per heavy atom. The summed E-state index contributed by atoms with van der Waals surface area (Å²) in [5.41, 5.74) is 0. The molecule has 96 valence electrons. The SMILES string of the molecule is CS(=O)(=O)OC[C@H]1CC[C@@H](C(F)(F)F)CC1. The quantitative estimate of drug-likeness (QED) is 0.731. The average molecular weight is 260 g/mol. The van der Waals surface area contributed by atoms with Gasteiger partial charge in [0, 0.05) is 0 Å². The molecule has 0 atom stereocenters. The Labute approximate surface area is 93.1 Å². The van der Waals surface area contributed by atoms with Gasteiger partial charge in [0.15, 0.2) is 0 Å². The summed E-state index contributed by atoms with van der Waals surface area (Å²) in [7, 11) is -3.49. The van der Waals surface area contributed by atoms with Gasteiger partial charge in [-0.15, -0.1) is 0 Å². The highest BCUT2D eigenvalue weighted by molar-refractivity contribution is 7.85. The normalized spacial score (nSPS) is 28.0. The van der Waals surface area contributed by atoms with Crippen LogP contribution in [0.15, 0.2) is 0 Å². The van der Waals surface area contributed by atoms with E-state index in [1.54, 1.807) is 0 Å². The summed E-state index contributed by atoms with van der Waals surface area (Å²) in [6.45, 7) is 0.00338. The fraction of sp³-hybridized carbons (Fsp3) is 1.00. The van der Waals surface area contributed by atoms with E-state index in [-0.39, 0.29) is 25.4 Å². The molecule has 7 heteroatoms. The highest BCUT2D eigenvalue weighted by Crippen LogP contribution is 2.39. The first-order chi connectivity index (χ1) is 7.18. The fourth-order valence-corrected chi connectivity index (χ4v) is 2.32. The first-order valence-electron chi connectivity index (χ1n) is 5.09. The fourth-order valence-electron chi connectivity index (χ4n) is 1.88. The molecular weight excluding hydrogens is 245 g/mol. The number of halogens is 3. The summed E-state index contributed by atoms with van der Waals surface area (Å²) in [6.07, 6.45) is -2.29. The highest BCUT2D eigenvalue weighted by atomic mass is 32.2. The molecule has 0 heterocycles. The molecule has 0 bridgehead atoms. The second-order valence-corrected chi connectivity index (χ2v) is 5.89. The molecule has 1 saturated carbocycles. The lowest BCUT2D eigenvalue weighted by Gasteiger charge is -2.29. The van der Waals surface area contributed by atoms with Crippen LogP contribution in [0.5, 0.6) is 0 Å². The van der Waals surface area contributed by atoms with E-state index in [2.05, 4.69) is 4.18 Å². The molecule has 0 aliphatic heterocycles. The van der Waals surface area contributed by atoms with Crippen LogP contribution in [0, 0.1) is 11.8 Å². The molecule has 0 aromatic carbocycles. The molecule has 16 heavy (non-hydrogen) atoms. The van der Waals surface area contributed by atoms with E-state index in [0.717, 1.165) is 6.26 Å². The predicted molar refractivity (Wildman–Crippen MR) is 52.3 cm³/mol. The molecule has 0 N–H and O–H groups in total. The molecule has 1 fully saturated rings. The Hall–Kier alpha value is -0.300. The minimum Gasteiger partial charge on any atom is -0.270 e. The third kappa shape index (κ3) is 4.69. The Morgan fingerprint density at radius 1 is 1.19 bits per heavy atom. The Kier molecular flexibility index (Phi) is 4.23. The van der Waals surface area contributed by atoms with Crippen LogP contribution in [0.1, 0.15) is 25.7 Å². The second-order valence-electron chi connectivity index (χ2n) is 4.25. The van der Waals surface area contributed by atoms with E-state index in [4.69, 9.17) is 0 Å². The zero-order valence-electron chi connectivity index (χ0n) is 8.96. The maximum atomic E-state index is 12.3. The van der Waals surface area contributed by atoms with Crippen molar-refractivity contribution in [1.82, 2.24) is 0 Å². The molecule has 1 aliphatic rings. The van der Waals surface area contributed by atoms with Crippen molar-refractivity contribution in [3.05, 3.63) is 0 Å². The first kappa shape index (κ1) is 13.8. The summed E-state index contributed by atoms with van der Waals surface area (Å²) in [5, 5.41) is 0. The van der Waals surface area contributed by atoms with Crippen molar-refractivity contribution in [2.24, 2.45) is 11.8 Å². The minimum atomic E-state index is -4.12. The Morgan fingerprint density at radius 2 is 1.69 bits per heavy atom. The van der Waals surface area contributed by atoms with Gasteiger partial charge in [0.25, 0.3) is 10.1 Å². The number of hydrogen-bond donors (Lipinski definition) is 0. The Bertz CT molecular complexity index is 315. The van der Waals surface area contributed by atoms with E-state index in [9.17, 15) is 21.6 Å². The van der Waals surface area contributed by atoms with Gasteiger partial charge in [0.2, 0.25) is 0 Å². The molecule has 0 unspecified atom stereocenters. The van der Waals surface area contributed by atoms with E-state index >= 15 is 0 Å². The smallest absolute Gasteiger partial charge is 0.270 e. The lowest BCUT2D eigenvalue weighted by molar-refractivity contribution is -0.184. The molecular formula is C9H15F3O3S. The van der Waals surface area contributed by atoms with Gasteiger partial charge >= 0.3 is 6.18 Å². The van der Waals surface area contributed by atoms with E-state index in [1.807, 2.05) is 0 Å². The topological polar surface area (TPSA) is 43.4 Å². The van der Waals surface area contributed by atoms with Crippen LogP contribution in [-0.2, 0) is 14.3 Å². The average Bonchev–Trinajstić information content (AvgIpc) is 2.13. The van der Waals surface area contributed by atoms with Crippen LogP contribution in [0.3, 0.4) is 0 Å². The summed E-state index contributed by atoms with van der Waals surface area (Å²) in [6, 6.07) is 0. The molecule has 0 aromatic rings. The molecule has 0 spiro atoms. The third-order valence-corrected chi connectivity index (χ3v) is 3.39. The molecule has 1 rings (SSSR count). The van der Waals surface area contributed by atoms with Crippen LogP contribution in [0.25, 0.3) is 0 Å². The van der Waals surface area contributed by atoms with Gasteiger partial charge < -0.3 is 0 Å². The molecule has 0 amide bonds. The van der Waals surface area contributed by atoms with Crippen molar-refractivity contribution in [3.8, 4) is 0 Å². The zero-order chi connectivity index (χ0) is 12.4. The van der Waals surface area contributed by atoms with Gasteiger partial charge in [-0.1, -0.05) is 0 Å². The van der Waals surface area contributed by atoms with E-state index in [0.29, 0.717) is 12.8 Å². The van der Waals surface area contributed by atoms with Crippen molar-refractivity contribution < 1.29 is 25.8 Å². The molecule has 0 aromatic heterocycles. The summed E-state index contributed by atoms with van der Waals surface area (Å²) < 4.78 is 62.9. The standard InChI is InChI=1S/C9H15F3O3S/c1-16(13,14)15-6-7-2-4-8(5-3-7)9(10,11)12/h7-8H,2-6H2,1H3/t7-,8+. The lowest BCUT2D eigenvalue weighted by Crippen LogP contribution is -2.29. The van der Waals surface area contributed by atoms with Crippen LogP contribution >= 0.6 is 0 Å². The van der Waals surface area contributed by atoms with Crippen LogP contribution in [0.2, 0.25) is 0 Å². The van der Waals surface area contributed by atoms with Crippen molar-refractivity contribution in [3.63, 3.8) is 0 Å². The summed E-state index contributed by atoms with van der Waals surface area (Å²) in [4.78, 5) is 0. The van der Waals surface area contributed by atoms with Gasteiger partial charge in [-0.3, -0.25) is 4.18 Å². The van der Waals surface area contributed by atoms with Gasteiger partial charge in [-0.05, 0) is 31.6 Å². The van der Waals surface area contributed by atoms with Crippen molar-refractivity contribution in [2.75, 3.05) is 12.9 Å². The van der Waals surface area contributed by atoms with Gasteiger partial charge in [-0.2, -0.15) is 21.6 Å². The van der Waals surface area contributed by atoms with E-state index < -0.39 is 22.2 Å². The van der Waals surface area contributed by atoms with Crippen molar-refractivity contribution in [2.45, 2.75) is 31.9 Å². The van der Waals surface area contributed by atoms with Crippen molar-refractivity contribution in [1.29, 1.82) is 0 Å². The highest BCUT2D eigenvalue weighted by Gasteiger charge is 2.41. The zero-order valence-corrected chi connectivity index (χ0v) is 9.77. The third-order valence-electron chi connectivity index (χ3n) is 2.83. The lowest BCUT2D eigenvalue weighted by atomic mass is 9.82. The largest absolute Gasteiger partial charge is 0.391 e. The van der Waals surface area contributed by atoms with Gasteiger partial charge in [0.1, 0.15) is 0 Å². The summed E-state index contributed by atoms with van der Waals surface area (Å²) >= 11 is 0.